The summed E-state index contributed by atoms with van der Waals surface area (Å²) in [5.74, 6) is -0.154. The third kappa shape index (κ3) is 6.98. The summed E-state index contributed by atoms with van der Waals surface area (Å²) >= 11 is 11.1. The van der Waals surface area contributed by atoms with Gasteiger partial charge in [-0.05, 0) is 49.5 Å². The van der Waals surface area contributed by atoms with Crippen LogP contribution < -0.4 is 20.9 Å². The lowest BCUT2D eigenvalue weighted by Crippen LogP contribution is -2.49. The number of carbonyl (C=O) groups is 1. The highest BCUT2D eigenvalue weighted by molar-refractivity contribution is 7.89. The van der Waals surface area contributed by atoms with Crippen LogP contribution in [0.15, 0.2) is 45.9 Å². The van der Waals surface area contributed by atoms with Crippen molar-refractivity contribution in [2.24, 2.45) is 0 Å². The molecule has 9 nitrogen and oxygen atoms in total. The Morgan fingerprint density at radius 1 is 1.31 bits per heavy atom. The Bertz CT molecular complexity index is 951. The van der Waals surface area contributed by atoms with Crippen molar-refractivity contribution in [2.45, 2.75) is 24.4 Å². The van der Waals surface area contributed by atoms with Crippen LogP contribution in [0, 0.1) is 0 Å². The number of ether oxygens (including phenoxy) is 1. The first-order chi connectivity index (χ1) is 13.7. The van der Waals surface area contributed by atoms with Crippen molar-refractivity contribution in [2.75, 3.05) is 13.7 Å². The molecule has 0 aliphatic rings. The average molecular weight is 461 g/mol. The average Bonchev–Trinajstić information content (AvgIpc) is 3.18. The topological polar surface area (TPSA) is 122 Å². The molecule has 0 fully saturated rings. The van der Waals surface area contributed by atoms with Crippen LogP contribution in [-0.4, -0.2) is 39.2 Å². The number of hydrazine groups is 1. The fraction of sp³-hybridized carbons (Fsp3) is 0.294. The molecule has 1 aromatic carbocycles. The van der Waals surface area contributed by atoms with Gasteiger partial charge in [0, 0.05) is 18.7 Å². The van der Waals surface area contributed by atoms with Crippen molar-refractivity contribution in [3.05, 3.63) is 52.9 Å². The van der Waals surface area contributed by atoms with Gasteiger partial charge in [-0.15, -0.1) is 0 Å². The quantitative estimate of drug-likeness (QED) is 0.346. The number of amides is 1. The Hall–Kier alpha value is -2.18. The number of sulfonamides is 1. The summed E-state index contributed by atoms with van der Waals surface area (Å²) in [6.07, 6.45) is 1.43. The molecule has 12 heteroatoms. The highest BCUT2D eigenvalue weighted by Gasteiger charge is 2.20. The SMILES string of the molecule is COC[C@H](C)NC(=S)NNC(=O)c1ccc(Cl)c(S(=O)(=O)NCc2ccco2)c1. The zero-order valence-corrected chi connectivity index (χ0v) is 18.1. The number of nitrogens with one attached hydrogen (secondary N) is 4. The third-order valence-electron chi connectivity index (χ3n) is 3.58. The van der Waals surface area contributed by atoms with Gasteiger partial charge in [0.2, 0.25) is 10.0 Å². The van der Waals surface area contributed by atoms with Crippen molar-refractivity contribution in [3.63, 3.8) is 0 Å². The standard InChI is InChI=1S/C17H21ClN4O5S2/c1-11(10-26-2)20-17(28)22-21-16(23)12-5-6-14(18)15(8-12)29(24,25)19-9-13-4-3-7-27-13/h3-8,11,19H,9-10H2,1-2H3,(H,21,23)(H2,20,22,28)/t11-/m0/s1. The van der Waals surface area contributed by atoms with Gasteiger partial charge >= 0.3 is 0 Å². The Labute approximate surface area is 179 Å². The van der Waals surface area contributed by atoms with Gasteiger partial charge in [-0.3, -0.25) is 15.6 Å². The van der Waals surface area contributed by atoms with Gasteiger partial charge in [0.25, 0.3) is 5.91 Å². The first kappa shape index (κ1) is 23.1. The van der Waals surface area contributed by atoms with Crippen LogP contribution in [0.1, 0.15) is 23.0 Å². The number of benzene rings is 1. The van der Waals surface area contributed by atoms with Crippen LogP contribution >= 0.6 is 23.8 Å². The fourth-order valence-corrected chi connectivity index (χ4v) is 4.01. The van der Waals surface area contributed by atoms with E-state index >= 15 is 0 Å². The number of rotatable bonds is 8. The molecule has 1 aromatic heterocycles. The van der Waals surface area contributed by atoms with Crippen LogP contribution in [0.25, 0.3) is 0 Å². The van der Waals surface area contributed by atoms with Crippen LogP contribution in [-0.2, 0) is 21.3 Å². The molecular weight excluding hydrogens is 440 g/mol. The number of hydrogen-bond acceptors (Lipinski definition) is 6. The van der Waals surface area contributed by atoms with Crippen molar-refractivity contribution in [3.8, 4) is 0 Å². The minimum atomic E-state index is -3.97. The molecule has 0 saturated carbocycles. The Balaban J connectivity index is 2.03. The number of furan rings is 1. The van der Waals surface area contributed by atoms with Crippen molar-refractivity contribution < 1.29 is 22.4 Å². The maximum absolute atomic E-state index is 12.5. The van der Waals surface area contributed by atoms with Gasteiger partial charge in [0.1, 0.15) is 10.7 Å². The molecule has 0 aliphatic carbocycles. The second-order valence-electron chi connectivity index (χ2n) is 5.96. The Morgan fingerprint density at radius 2 is 2.07 bits per heavy atom. The van der Waals surface area contributed by atoms with Crippen LogP contribution in [0.3, 0.4) is 0 Å². The van der Waals surface area contributed by atoms with E-state index in [-0.39, 0.29) is 33.2 Å². The molecule has 2 aromatic rings. The summed E-state index contributed by atoms with van der Waals surface area (Å²) < 4.78 is 37.5. The smallest absolute Gasteiger partial charge is 0.269 e. The van der Waals surface area contributed by atoms with E-state index in [2.05, 4.69) is 20.9 Å². The zero-order chi connectivity index (χ0) is 21.4. The molecule has 0 bridgehead atoms. The van der Waals surface area contributed by atoms with Crippen LogP contribution in [0.4, 0.5) is 0 Å². The molecular formula is C17H21ClN4O5S2. The van der Waals surface area contributed by atoms with Gasteiger partial charge in [0.05, 0.1) is 24.4 Å². The molecule has 0 spiro atoms. The number of halogens is 1. The molecule has 0 saturated heterocycles. The van der Waals surface area contributed by atoms with E-state index in [1.54, 1.807) is 19.2 Å². The molecule has 4 N–H and O–H groups in total. The lowest BCUT2D eigenvalue weighted by atomic mass is 10.2. The number of thiocarbonyl (C=S) groups is 1. The zero-order valence-electron chi connectivity index (χ0n) is 15.7. The largest absolute Gasteiger partial charge is 0.468 e. The summed E-state index contributed by atoms with van der Waals surface area (Å²) in [5, 5.41) is 3.07. The van der Waals surface area contributed by atoms with Crippen molar-refractivity contribution in [1.82, 2.24) is 20.9 Å². The monoisotopic (exact) mass is 460 g/mol. The minimum Gasteiger partial charge on any atom is -0.468 e. The maximum Gasteiger partial charge on any atom is 0.269 e. The first-order valence-corrected chi connectivity index (χ1v) is 10.7. The highest BCUT2D eigenvalue weighted by atomic mass is 35.5. The van der Waals surface area contributed by atoms with E-state index < -0.39 is 15.9 Å². The summed E-state index contributed by atoms with van der Waals surface area (Å²) in [6.45, 7) is 2.23. The van der Waals surface area contributed by atoms with E-state index in [0.717, 1.165) is 0 Å². The molecule has 29 heavy (non-hydrogen) atoms. The van der Waals surface area contributed by atoms with Crippen LogP contribution in [0.5, 0.6) is 0 Å². The van der Waals surface area contributed by atoms with E-state index in [0.29, 0.717) is 12.4 Å². The normalized spacial score (nSPS) is 12.2. The molecule has 2 rings (SSSR count). The highest BCUT2D eigenvalue weighted by Crippen LogP contribution is 2.23. The predicted molar refractivity (Wildman–Crippen MR) is 112 cm³/mol. The lowest BCUT2D eigenvalue weighted by Gasteiger charge is -2.16. The van der Waals surface area contributed by atoms with Crippen LogP contribution in [0.2, 0.25) is 5.02 Å². The molecule has 0 unspecified atom stereocenters. The Morgan fingerprint density at radius 3 is 2.72 bits per heavy atom. The first-order valence-electron chi connectivity index (χ1n) is 8.40. The third-order valence-corrected chi connectivity index (χ3v) is 5.69. The minimum absolute atomic E-state index is 0.0213. The summed E-state index contributed by atoms with van der Waals surface area (Å²) in [7, 11) is -2.41. The van der Waals surface area contributed by atoms with Crippen molar-refractivity contribution >= 4 is 44.9 Å². The summed E-state index contributed by atoms with van der Waals surface area (Å²) in [6, 6.07) is 7.11. The fourth-order valence-electron chi connectivity index (χ4n) is 2.24. The lowest BCUT2D eigenvalue weighted by molar-refractivity contribution is 0.0943. The van der Waals surface area contributed by atoms with E-state index in [4.69, 9.17) is 33.0 Å². The number of hydrogen-bond donors (Lipinski definition) is 4. The Kier molecular flexibility index (Phi) is 8.41. The second kappa shape index (κ2) is 10.6. The maximum atomic E-state index is 12.5. The van der Waals surface area contributed by atoms with E-state index in [1.807, 2.05) is 6.92 Å². The predicted octanol–water partition coefficient (Wildman–Crippen LogP) is 1.56. The summed E-state index contributed by atoms with van der Waals surface area (Å²) in [4.78, 5) is 12.1. The molecule has 1 atom stereocenters. The van der Waals surface area contributed by atoms with Gasteiger partial charge < -0.3 is 14.5 Å². The summed E-state index contributed by atoms with van der Waals surface area (Å²) in [5.41, 5.74) is 5.01. The van der Waals surface area contributed by atoms with Gasteiger partial charge in [-0.2, -0.15) is 0 Å². The number of carbonyl (C=O) groups excluding carboxylic acids is 1. The van der Waals surface area contributed by atoms with Gasteiger partial charge in [-0.1, -0.05) is 11.6 Å². The molecule has 1 amide bonds. The molecule has 1 heterocycles. The number of methoxy groups -OCH3 is 1. The van der Waals surface area contributed by atoms with Gasteiger partial charge in [-0.25, -0.2) is 13.1 Å². The van der Waals surface area contributed by atoms with E-state index in [9.17, 15) is 13.2 Å². The second-order valence-corrected chi connectivity index (χ2v) is 8.51. The molecule has 0 aliphatic heterocycles. The molecule has 158 valence electrons. The van der Waals surface area contributed by atoms with E-state index in [1.165, 1.54) is 24.5 Å². The molecule has 0 radical (unpaired) electrons. The van der Waals surface area contributed by atoms with Gasteiger partial charge in [0.15, 0.2) is 5.11 Å². The van der Waals surface area contributed by atoms with Crippen molar-refractivity contribution in [1.29, 1.82) is 0 Å².